The van der Waals surface area contributed by atoms with Gasteiger partial charge in [0.2, 0.25) is 0 Å². The molecule has 0 spiro atoms. The molecule has 3 rings (SSSR count). The third kappa shape index (κ3) is 2.24. The van der Waals surface area contributed by atoms with Gasteiger partial charge in [0.25, 0.3) is 0 Å². The summed E-state index contributed by atoms with van der Waals surface area (Å²) in [4.78, 5) is 2.66. The zero-order valence-electron chi connectivity index (χ0n) is 10.7. The first kappa shape index (κ1) is 11.2. The molecule has 0 amide bonds. The minimum absolute atomic E-state index is 0.805. The fourth-order valence-electron chi connectivity index (χ4n) is 3.37. The van der Waals surface area contributed by atoms with Crippen molar-refractivity contribution in [2.45, 2.75) is 18.8 Å². The molecule has 0 aromatic heterocycles. The Morgan fingerprint density at radius 1 is 1.35 bits per heavy atom. The number of hydrogen-bond donors (Lipinski definition) is 1. The van der Waals surface area contributed by atoms with Crippen LogP contribution in [-0.4, -0.2) is 38.1 Å². The second-order valence-electron chi connectivity index (χ2n) is 5.57. The van der Waals surface area contributed by atoms with Crippen LogP contribution in [0.15, 0.2) is 24.3 Å². The highest BCUT2D eigenvalue weighted by molar-refractivity contribution is 5.40. The van der Waals surface area contributed by atoms with Crippen LogP contribution in [0.3, 0.4) is 0 Å². The van der Waals surface area contributed by atoms with E-state index >= 15 is 0 Å². The van der Waals surface area contributed by atoms with Crippen molar-refractivity contribution >= 4 is 0 Å². The number of hydrogen-bond acceptors (Lipinski definition) is 2. The van der Waals surface area contributed by atoms with Crippen LogP contribution in [0, 0.1) is 5.92 Å². The van der Waals surface area contributed by atoms with Gasteiger partial charge in [0, 0.05) is 19.0 Å². The van der Waals surface area contributed by atoms with Crippen molar-refractivity contribution in [3.05, 3.63) is 35.4 Å². The van der Waals surface area contributed by atoms with Gasteiger partial charge in [0.05, 0.1) is 0 Å². The second kappa shape index (κ2) is 4.79. The van der Waals surface area contributed by atoms with E-state index in [1.807, 2.05) is 0 Å². The van der Waals surface area contributed by atoms with Gasteiger partial charge in [-0.15, -0.1) is 0 Å². The quantitative estimate of drug-likeness (QED) is 0.849. The minimum atomic E-state index is 0.805. The fraction of sp³-hybridized carbons (Fsp3) is 0.600. The summed E-state index contributed by atoms with van der Waals surface area (Å²) in [5.74, 6) is 1.68. The molecule has 1 aromatic carbocycles. The fourth-order valence-corrected chi connectivity index (χ4v) is 3.37. The van der Waals surface area contributed by atoms with Crippen LogP contribution in [-0.2, 0) is 6.42 Å². The van der Waals surface area contributed by atoms with Gasteiger partial charge in [0.15, 0.2) is 0 Å². The normalized spacial score (nSPS) is 27.8. The molecule has 2 aliphatic rings. The minimum Gasteiger partial charge on any atom is -0.319 e. The van der Waals surface area contributed by atoms with Gasteiger partial charge in [-0.05, 0) is 50.0 Å². The second-order valence-corrected chi connectivity index (χ2v) is 5.57. The maximum absolute atomic E-state index is 3.30. The average molecular weight is 230 g/mol. The van der Waals surface area contributed by atoms with E-state index in [1.165, 1.54) is 39.0 Å². The highest BCUT2D eigenvalue weighted by atomic mass is 15.2. The monoisotopic (exact) mass is 230 g/mol. The third-order valence-electron chi connectivity index (χ3n) is 4.30. The van der Waals surface area contributed by atoms with Crippen LogP contribution < -0.4 is 5.32 Å². The number of nitrogens with zero attached hydrogens (tertiary/aromatic N) is 1. The molecular formula is C15H22N2. The van der Waals surface area contributed by atoms with Crippen molar-refractivity contribution in [2.24, 2.45) is 5.92 Å². The van der Waals surface area contributed by atoms with Crippen LogP contribution in [0.5, 0.6) is 0 Å². The molecule has 0 saturated carbocycles. The van der Waals surface area contributed by atoms with Crippen molar-refractivity contribution in [1.82, 2.24) is 10.2 Å². The van der Waals surface area contributed by atoms with Gasteiger partial charge in [-0.25, -0.2) is 0 Å². The largest absolute Gasteiger partial charge is 0.319 e. The summed E-state index contributed by atoms with van der Waals surface area (Å²) in [7, 11) is 2.06. The SMILES string of the molecule is CNCC1CCN(CC2Cc3ccccc32)C1. The van der Waals surface area contributed by atoms with Crippen LogP contribution in [0.25, 0.3) is 0 Å². The molecule has 2 unspecified atom stereocenters. The van der Waals surface area contributed by atoms with Crippen molar-refractivity contribution in [3.63, 3.8) is 0 Å². The highest BCUT2D eigenvalue weighted by Gasteiger charge is 2.30. The van der Waals surface area contributed by atoms with E-state index in [-0.39, 0.29) is 0 Å². The van der Waals surface area contributed by atoms with Crippen LogP contribution in [0.4, 0.5) is 0 Å². The first-order valence-corrected chi connectivity index (χ1v) is 6.81. The maximum Gasteiger partial charge on any atom is 0.00537 e. The molecule has 92 valence electrons. The van der Waals surface area contributed by atoms with E-state index in [9.17, 15) is 0 Å². The summed E-state index contributed by atoms with van der Waals surface area (Å²) in [5, 5.41) is 3.30. The van der Waals surface area contributed by atoms with Crippen LogP contribution in [0.2, 0.25) is 0 Å². The first-order chi connectivity index (χ1) is 8.36. The Kier molecular flexibility index (Phi) is 3.17. The first-order valence-electron chi connectivity index (χ1n) is 6.81. The molecular weight excluding hydrogens is 208 g/mol. The standard InChI is InChI=1S/C15H22N2/c1-16-9-12-6-7-17(10-12)11-14-8-13-4-2-3-5-15(13)14/h2-5,12,14,16H,6-11H2,1H3. The van der Waals surface area contributed by atoms with Gasteiger partial charge in [-0.3, -0.25) is 0 Å². The molecule has 17 heavy (non-hydrogen) atoms. The van der Waals surface area contributed by atoms with Gasteiger partial charge < -0.3 is 10.2 Å². The third-order valence-corrected chi connectivity index (χ3v) is 4.30. The zero-order chi connectivity index (χ0) is 11.7. The Morgan fingerprint density at radius 3 is 3.06 bits per heavy atom. The summed E-state index contributed by atoms with van der Waals surface area (Å²) in [6.45, 7) is 5.04. The molecule has 1 heterocycles. The average Bonchev–Trinajstić information content (AvgIpc) is 2.74. The van der Waals surface area contributed by atoms with Crippen LogP contribution >= 0.6 is 0 Å². The summed E-state index contributed by atoms with van der Waals surface area (Å²) in [6, 6.07) is 8.93. The van der Waals surface area contributed by atoms with Crippen LogP contribution in [0.1, 0.15) is 23.5 Å². The lowest BCUT2D eigenvalue weighted by Gasteiger charge is -2.33. The molecule has 2 heteroatoms. The van der Waals surface area contributed by atoms with E-state index in [2.05, 4.69) is 41.5 Å². The van der Waals surface area contributed by atoms with Crippen molar-refractivity contribution in [1.29, 1.82) is 0 Å². The van der Waals surface area contributed by atoms with E-state index in [1.54, 1.807) is 11.1 Å². The lowest BCUT2D eigenvalue weighted by atomic mass is 9.77. The Bertz CT molecular complexity index is 388. The molecule has 2 nitrogen and oxygen atoms in total. The van der Waals surface area contributed by atoms with E-state index in [0.29, 0.717) is 0 Å². The van der Waals surface area contributed by atoms with Gasteiger partial charge in [0.1, 0.15) is 0 Å². The number of likely N-dealkylation sites (tertiary alicyclic amines) is 1. The number of fused-ring (bicyclic) bond motifs is 1. The predicted octanol–water partition coefficient (Wildman–Crippen LogP) is 1.87. The van der Waals surface area contributed by atoms with Crippen molar-refractivity contribution < 1.29 is 0 Å². The lowest BCUT2D eigenvalue weighted by Crippen LogP contribution is -2.32. The molecule has 1 fully saturated rings. The summed E-state index contributed by atoms with van der Waals surface area (Å²) in [6.07, 6.45) is 2.67. The van der Waals surface area contributed by atoms with Gasteiger partial charge in [-0.1, -0.05) is 24.3 Å². The Hall–Kier alpha value is -0.860. The Morgan fingerprint density at radius 2 is 2.24 bits per heavy atom. The summed E-state index contributed by atoms with van der Waals surface area (Å²) in [5.41, 5.74) is 3.17. The molecule has 1 aromatic rings. The van der Waals surface area contributed by atoms with Gasteiger partial charge in [-0.2, -0.15) is 0 Å². The molecule has 1 saturated heterocycles. The predicted molar refractivity (Wildman–Crippen MR) is 71.4 cm³/mol. The Balaban J connectivity index is 1.53. The number of rotatable bonds is 4. The molecule has 1 N–H and O–H groups in total. The zero-order valence-corrected chi connectivity index (χ0v) is 10.7. The van der Waals surface area contributed by atoms with Crippen molar-refractivity contribution in [2.75, 3.05) is 33.2 Å². The molecule has 0 bridgehead atoms. The topological polar surface area (TPSA) is 15.3 Å². The molecule has 2 atom stereocenters. The summed E-state index contributed by atoms with van der Waals surface area (Å²) < 4.78 is 0. The highest BCUT2D eigenvalue weighted by Crippen LogP contribution is 2.36. The van der Waals surface area contributed by atoms with E-state index < -0.39 is 0 Å². The molecule has 1 aliphatic heterocycles. The number of benzene rings is 1. The number of nitrogens with one attached hydrogen (secondary N) is 1. The smallest absolute Gasteiger partial charge is 0.00537 e. The molecule has 0 radical (unpaired) electrons. The molecule has 1 aliphatic carbocycles. The Labute approximate surface area is 104 Å². The van der Waals surface area contributed by atoms with Gasteiger partial charge >= 0.3 is 0 Å². The summed E-state index contributed by atoms with van der Waals surface area (Å²) >= 11 is 0. The van der Waals surface area contributed by atoms with E-state index in [4.69, 9.17) is 0 Å². The van der Waals surface area contributed by atoms with E-state index in [0.717, 1.165) is 11.8 Å². The van der Waals surface area contributed by atoms with Crippen molar-refractivity contribution in [3.8, 4) is 0 Å². The maximum atomic E-state index is 3.30. The lowest BCUT2D eigenvalue weighted by molar-refractivity contribution is 0.289.